The SMILES string of the molecule is Cc1cc2c(cnn2-c2ccc(F)cc2)cc1[C@@H]1CN(S(=O)(=O)c2cnn(C)n2)CCN1CC1CCCC1. The summed E-state index contributed by atoms with van der Waals surface area (Å²) in [6.45, 7) is 4.47. The number of aromatic nitrogens is 5. The van der Waals surface area contributed by atoms with Gasteiger partial charge in [0.05, 0.1) is 23.6 Å². The molecule has 0 bridgehead atoms. The second kappa shape index (κ2) is 9.87. The molecule has 0 N–H and O–H groups in total. The molecule has 6 rings (SSSR count). The lowest BCUT2D eigenvalue weighted by molar-refractivity contribution is 0.0998. The fourth-order valence-electron chi connectivity index (χ4n) is 5.97. The molecular formula is C27H32FN7O2S. The summed E-state index contributed by atoms with van der Waals surface area (Å²) in [5.41, 5.74) is 3.89. The highest BCUT2D eigenvalue weighted by molar-refractivity contribution is 7.89. The van der Waals surface area contributed by atoms with E-state index < -0.39 is 10.0 Å². The number of nitrogens with zero attached hydrogens (tertiary/aromatic N) is 7. The van der Waals surface area contributed by atoms with Gasteiger partial charge in [0.25, 0.3) is 10.0 Å². The molecule has 38 heavy (non-hydrogen) atoms. The van der Waals surface area contributed by atoms with Gasteiger partial charge in [-0.05, 0) is 73.2 Å². The Morgan fingerprint density at radius 1 is 1.03 bits per heavy atom. The average Bonchev–Trinajstić information content (AvgIpc) is 3.66. The lowest BCUT2D eigenvalue weighted by atomic mass is 9.95. The summed E-state index contributed by atoms with van der Waals surface area (Å²) in [5.74, 6) is 0.357. The zero-order chi connectivity index (χ0) is 26.4. The molecule has 11 heteroatoms. The van der Waals surface area contributed by atoms with Crippen LogP contribution in [0.5, 0.6) is 0 Å². The lowest BCUT2D eigenvalue weighted by Crippen LogP contribution is -2.51. The van der Waals surface area contributed by atoms with Gasteiger partial charge >= 0.3 is 0 Å². The van der Waals surface area contributed by atoms with Gasteiger partial charge in [0.2, 0.25) is 5.03 Å². The molecule has 1 aliphatic heterocycles. The maximum absolute atomic E-state index is 13.5. The Labute approximate surface area is 221 Å². The summed E-state index contributed by atoms with van der Waals surface area (Å²) < 4.78 is 43.8. The van der Waals surface area contributed by atoms with Crippen LogP contribution in [-0.2, 0) is 17.1 Å². The molecule has 2 fully saturated rings. The molecule has 2 aliphatic rings. The number of rotatable bonds is 6. The van der Waals surface area contributed by atoms with Crippen molar-refractivity contribution in [2.75, 3.05) is 26.2 Å². The van der Waals surface area contributed by atoms with E-state index in [2.05, 4.69) is 39.3 Å². The van der Waals surface area contributed by atoms with Crippen molar-refractivity contribution in [1.82, 2.24) is 34.0 Å². The topological polar surface area (TPSA) is 89.2 Å². The van der Waals surface area contributed by atoms with Crippen LogP contribution in [0.15, 0.2) is 53.8 Å². The molecule has 2 aromatic heterocycles. The third kappa shape index (κ3) is 4.63. The van der Waals surface area contributed by atoms with E-state index in [4.69, 9.17) is 0 Å². The van der Waals surface area contributed by atoms with Crippen molar-refractivity contribution in [2.45, 2.75) is 43.7 Å². The second-order valence-electron chi connectivity index (χ2n) is 10.5. The fraction of sp³-hybridized carbons (Fsp3) is 0.444. The molecule has 2 aromatic carbocycles. The molecule has 200 valence electrons. The van der Waals surface area contributed by atoms with E-state index in [1.807, 2.05) is 10.9 Å². The Bertz CT molecular complexity index is 1560. The van der Waals surface area contributed by atoms with E-state index in [1.165, 1.54) is 48.8 Å². The zero-order valence-corrected chi connectivity index (χ0v) is 22.5. The van der Waals surface area contributed by atoms with Crippen molar-refractivity contribution >= 4 is 20.9 Å². The van der Waals surface area contributed by atoms with Crippen LogP contribution in [0.25, 0.3) is 16.6 Å². The van der Waals surface area contributed by atoms with Gasteiger partial charge in [-0.3, -0.25) is 4.90 Å². The number of fused-ring (bicyclic) bond motifs is 1. The van der Waals surface area contributed by atoms with Crippen molar-refractivity contribution < 1.29 is 12.8 Å². The van der Waals surface area contributed by atoms with Crippen LogP contribution in [0.3, 0.4) is 0 Å². The fourth-order valence-corrected chi connectivity index (χ4v) is 7.30. The van der Waals surface area contributed by atoms with E-state index in [0.717, 1.165) is 34.3 Å². The standard InChI is InChI=1S/C27H32FN7O2S/c1-19-13-25-21(15-30-35(25)23-9-7-22(28)8-10-23)14-24(19)26-18-34(38(36,37)27-16-29-32(2)31-27)12-11-33(26)17-20-5-3-4-6-20/h7-10,13-16,20,26H,3-6,11-12,17-18H2,1-2H3/t26-/m0/s1. The number of hydrogen-bond acceptors (Lipinski definition) is 6. The Kier molecular flexibility index (Phi) is 6.53. The molecule has 0 radical (unpaired) electrons. The number of benzene rings is 2. The van der Waals surface area contributed by atoms with Crippen molar-refractivity contribution in [2.24, 2.45) is 13.0 Å². The van der Waals surface area contributed by atoms with Gasteiger partial charge in [0, 0.05) is 44.7 Å². The molecule has 1 saturated heterocycles. The van der Waals surface area contributed by atoms with Crippen LogP contribution in [0.2, 0.25) is 0 Å². The largest absolute Gasteiger partial charge is 0.293 e. The van der Waals surface area contributed by atoms with Crippen molar-refractivity contribution in [3.05, 3.63) is 65.7 Å². The van der Waals surface area contributed by atoms with Gasteiger partial charge in [-0.1, -0.05) is 12.8 Å². The van der Waals surface area contributed by atoms with Crippen LogP contribution < -0.4 is 0 Å². The predicted molar refractivity (Wildman–Crippen MR) is 142 cm³/mol. The first-order valence-electron chi connectivity index (χ1n) is 13.1. The third-order valence-corrected chi connectivity index (χ3v) is 9.72. The van der Waals surface area contributed by atoms with Crippen LogP contribution in [0.1, 0.15) is 42.9 Å². The maximum Gasteiger partial charge on any atom is 0.264 e. The van der Waals surface area contributed by atoms with E-state index in [9.17, 15) is 12.8 Å². The first-order chi connectivity index (χ1) is 18.3. The number of piperazine rings is 1. The average molecular weight is 538 g/mol. The van der Waals surface area contributed by atoms with Crippen LogP contribution in [-0.4, -0.2) is 68.6 Å². The molecule has 1 saturated carbocycles. The summed E-state index contributed by atoms with van der Waals surface area (Å²) >= 11 is 0. The highest BCUT2D eigenvalue weighted by Gasteiger charge is 2.38. The monoisotopic (exact) mass is 537 g/mol. The van der Waals surface area contributed by atoms with Gasteiger partial charge in [-0.15, -0.1) is 5.10 Å². The Morgan fingerprint density at radius 3 is 2.50 bits per heavy atom. The number of halogens is 1. The van der Waals surface area contributed by atoms with E-state index in [-0.39, 0.29) is 16.9 Å². The third-order valence-electron chi connectivity index (χ3n) is 7.99. The molecule has 1 atom stereocenters. The minimum atomic E-state index is -3.76. The molecular weight excluding hydrogens is 505 g/mol. The second-order valence-corrected chi connectivity index (χ2v) is 12.4. The van der Waals surface area contributed by atoms with E-state index in [1.54, 1.807) is 23.5 Å². The molecule has 3 heterocycles. The van der Waals surface area contributed by atoms with E-state index >= 15 is 0 Å². The number of aryl methyl sites for hydroxylation is 2. The molecule has 4 aromatic rings. The van der Waals surface area contributed by atoms with Crippen LogP contribution >= 0.6 is 0 Å². The summed E-state index contributed by atoms with van der Waals surface area (Å²) in [4.78, 5) is 3.74. The van der Waals surface area contributed by atoms with E-state index in [0.29, 0.717) is 25.6 Å². The lowest BCUT2D eigenvalue weighted by Gasteiger charge is -2.42. The molecule has 0 spiro atoms. The smallest absolute Gasteiger partial charge is 0.264 e. The maximum atomic E-state index is 13.5. The Hall–Kier alpha value is -3.15. The summed E-state index contributed by atoms with van der Waals surface area (Å²) in [6, 6.07) is 10.4. The van der Waals surface area contributed by atoms with Gasteiger partial charge in [-0.25, -0.2) is 17.5 Å². The quantitative estimate of drug-likeness (QED) is 0.371. The zero-order valence-electron chi connectivity index (χ0n) is 21.7. The summed E-state index contributed by atoms with van der Waals surface area (Å²) in [5, 5.41) is 13.6. The van der Waals surface area contributed by atoms with Crippen molar-refractivity contribution in [1.29, 1.82) is 0 Å². The minimum absolute atomic E-state index is 0.0178. The first kappa shape index (κ1) is 25.1. The van der Waals surface area contributed by atoms with Gasteiger partial charge in [0.1, 0.15) is 5.82 Å². The molecule has 9 nitrogen and oxygen atoms in total. The summed E-state index contributed by atoms with van der Waals surface area (Å²) in [6.07, 6.45) is 8.13. The molecule has 1 aliphatic carbocycles. The minimum Gasteiger partial charge on any atom is -0.293 e. The number of hydrogen-bond donors (Lipinski definition) is 0. The highest BCUT2D eigenvalue weighted by Crippen LogP contribution is 2.36. The summed E-state index contributed by atoms with van der Waals surface area (Å²) in [7, 11) is -2.14. The molecule has 0 amide bonds. The van der Waals surface area contributed by atoms with Gasteiger partial charge in [-0.2, -0.15) is 19.3 Å². The van der Waals surface area contributed by atoms with Crippen LogP contribution in [0.4, 0.5) is 4.39 Å². The highest BCUT2D eigenvalue weighted by atomic mass is 32.2. The Morgan fingerprint density at radius 2 is 1.79 bits per heavy atom. The molecule has 0 unspecified atom stereocenters. The number of sulfonamides is 1. The predicted octanol–water partition coefficient (Wildman–Crippen LogP) is 3.84. The van der Waals surface area contributed by atoms with Gasteiger partial charge < -0.3 is 0 Å². The van der Waals surface area contributed by atoms with Crippen LogP contribution in [0, 0.1) is 18.7 Å². The van der Waals surface area contributed by atoms with Gasteiger partial charge in [0.15, 0.2) is 0 Å². The normalized spacial score (nSPS) is 20.0. The Balaban J connectivity index is 1.37. The first-order valence-corrected chi connectivity index (χ1v) is 14.6. The van der Waals surface area contributed by atoms with Crippen molar-refractivity contribution in [3.63, 3.8) is 0 Å². The van der Waals surface area contributed by atoms with Crippen molar-refractivity contribution in [3.8, 4) is 5.69 Å².